The average Bonchev–Trinajstić information content (AvgIpc) is 3.11. The first kappa shape index (κ1) is 16.3. The topological polar surface area (TPSA) is 106 Å². The van der Waals surface area contributed by atoms with Crippen LogP contribution in [0.5, 0.6) is 17.4 Å². The van der Waals surface area contributed by atoms with E-state index in [2.05, 4.69) is 9.98 Å². The molecule has 1 aromatic heterocycles. The van der Waals surface area contributed by atoms with E-state index in [4.69, 9.17) is 9.47 Å². The van der Waals surface area contributed by atoms with Crippen molar-refractivity contribution >= 4 is 12.3 Å². The molecule has 0 fully saturated rings. The Morgan fingerprint density at radius 1 is 1.24 bits per heavy atom. The van der Waals surface area contributed by atoms with Gasteiger partial charge in [0.25, 0.3) is 5.56 Å². The van der Waals surface area contributed by atoms with Crippen molar-refractivity contribution in [2.75, 3.05) is 14.2 Å². The summed E-state index contributed by atoms with van der Waals surface area (Å²) in [6.45, 7) is 0. The molecule has 0 bridgehead atoms. The number of aliphatic imine (C=N–C) groups is 1. The van der Waals surface area contributed by atoms with E-state index in [-0.39, 0.29) is 11.3 Å². The average molecular weight is 341 g/mol. The maximum atomic E-state index is 12.3. The highest BCUT2D eigenvalue weighted by atomic mass is 16.5. The maximum Gasteiger partial charge on any atom is 0.335 e. The molecule has 2 N–H and O–H groups in total. The monoisotopic (exact) mass is 341 g/mol. The second-order valence-corrected chi connectivity index (χ2v) is 5.08. The van der Waals surface area contributed by atoms with Gasteiger partial charge in [-0.05, 0) is 30.4 Å². The Balaban J connectivity index is 2.29. The van der Waals surface area contributed by atoms with Crippen LogP contribution < -0.4 is 20.7 Å². The molecule has 0 amide bonds. The van der Waals surface area contributed by atoms with Gasteiger partial charge in [-0.3, -0.25) is 14.8 Å². The van der Waals surface area contributed by atoms with Gasteiger partial charge in [0.1, 0.15) is 17.1 Å². The summed E-state index contributed by atoms with van der Waals surface area (Å²) in [5.41, 5.74) is -0.914. The van der Waals surface area contributed by atoms with Crippen LogP contribution in [-0.2, 0) is 0 Å². The fraction of sp³-hybridized carbons (Fsp3) is 0.118. The molecule has 2 aromatic rings. The summed E-state index contributed by atoms with van der Waals surface area (Å²) >= 11 is 0. The lowest BCUT2D eigenvalue weighted by atomic mass is 10.2. The van der Waals surface area contributed by atoms with Crippen LogP contribution in [0, 0.1) is 0 Å². The van der Waals surface area contributed by atoms with Crippen LogP contribution in [0.25, 0.3) is 11.8 Å². The second kappa shape index (κ2) is 6.52. The number of nitrogens with zero attached hydrogens (tertiary/aromatic N) is 2. The van der Waals surface area contributed by atoms with Crippen molar-refractivity contribution in [2.24, 2.45) is 4.99 Å². The summed E-state index contributed by atoms with van der Waals surface area (Å²) < 4.78 is 11.3. The van der Waals surface area contributed by atoms with Gasteiger partial charge >= 0.3 is 5.69 Å². The van der Waals surface area contributed by atoms with Gasteiger partial charge in [-0.2, -0.15) is 0 Å². The van der Waals surface area contributed by atoms with Crippen molar-refractivity contribution in [3.63, 3.8) is 0 Å². The van der Waals surface area contributed by atoms with Gasteiger partial charge in [-0.15, -0.1) is 0 Å². The normalized spacial score (nSPS) is 14.2. The molecule has 0 aliphatic carbocycles. The molecule has 8 nitrogen and oxygen atoms in total. The predicted octanol–water partition coefficient (Wildman–Crippen LogP) is 1.23. The van der Waals surface area contributed by atoms with E-state index in [1.165, 1.54) is 26.4 Å². The number of aromatic nitrogens is 2. The van der Waals surface area contributed by atoms with E-state index >= 15 is 0 Å². The number of ether oxygens (including phenoxy) is 2. The van der Waals surface area contributed by atoms with Crippen molar-refractivity contribution < 1.29 is 14.6 Å². The fourth-order valence-corrected chi connectivity index (χ4v) is 2.41. The lowest BCUT2D eigenvalue weighted by molar-refractivity contribution is 0.393. The van der Waals surface area contributed by atoms with Gasteiger partial charge in [0.15, 0.2) is 0 Å². The molecule has 2 heterocycles. The van der Waals surface area contributed by atoms with Crippen LogP contribution in [0.15, 0.2) is 50.6 Å². The fourth-order valence-electron chi connectivity index (χ4n) is 2.41. The van der Waals surface area contributed by atoms with E-state index < -0.39 is 17.1 Å². The number of allylic oxidation sites excluding steroid dienone is 2. The van der Waals surface area contributed by atoms with Crippen molar-refractivity contribution in [3.05, 3.63) is 62.4 Å². The highest BCUT2D eigenvalue weighted by Gasteiger charge is 2.18. The molecular weight excluding hydrogens is 326 g/mol. The number of nitrogens with one attached hydrogen (secondary N) is 1. The Labute approximate surface area is 142 Å². The molecule has 1 aliphatic rings. The van der Waals surface area contributed by atoms with Crippen LogP contribution in [0.2, 0.25) is 0 Å². The molecule has 0 radical (unpaired) electrons. The molecule has 1 aromatic carbocycles. The van der Waals surface area contributed by atoms with E-state index in [0.717, 1.165) is 4.57 Å². The SMILES string of the molecule is COc1ccc(OC)c(-n2c(O)c(/C=C3\C=CC=N3)c(=O)[nH]c2=O)c1. The third kappa shape index (κ3) is 2.97. The Hall–Kier alpha value is -3.55. The summed E-state index contributed by atoms with van der Waals surface area (Å²) in [4.78, 5) is 30.6. The summed E-state index contributed by atoms with van der Waals surface area (Å²) in [7, 11) is 2.90. The van der Waals surface area contributed by atoms with Crippen LogP contribution >= 0.6 is 0 Å². The van der Waals surface area contributed by atoms with E-state index in [1.807, 2.05) is 0 Å². The lowest BCUT2D eigenvalue weighted by Gasteiger charge is -2.14. The molecule has 1 aliphatic heterocycles. The largest absolute Gasteiger partial charge is 0.497 e. The van der Waals surface area contributed by atoms with Crippen LogP contribution in [0.1, 0.15) is 5.56 Å². The minimum Gasteiger partial charge on any atom is -0.497 e. The van der Waals surface area contributed by atoms with Gasteiger partial charge < -0.3 is 14.6 Å². The first-order chi connectivity index (χ1) is 12.0. The molecule has 25 heavy (non-hydrogen) atoms. The van der Waals surface area contributed by atoms with Gasteiger partial charge in [0.05, 0.1) is 25.6 Å². The molecule has 0 saturated heterocycles. The number of hydrogen-bond acceptors (Lipinski definition) is 6. The number of hydrogen-bond donors (Lipinski definition) is 2. The van der Waals surface area contributed by atoms with Crippen molar-refractivity contribution in [1.82, 2.24) is 9.55 Å². The smallest absolute Gasteiger partial charge is 0.335 e. The van der Waals surface area contributed by atoms with E-state index in [9.17, 15) is 14.7 Å². The standard InChI is InChI=1S/C17H15N3O5/c1-24-11-5-6-14(25-2)13(9-11)20-16(22)12(15(21)19-17(20)23)8-10-4-3-7-18-10/h3-9,22H,1-2H3,(H,19,21,23)/b10-8+. The van der Waals surface area contributed by atoms with Crippen molar-refractivity contribution in [1.29, 1.82) is 0 Å². The van der Waals surface area contributed by atoms with Gasteiger partial charge in [-0.1, -0.05) is 0 Å². The first-order valence-electron chi connectivity index (χ1n) is 7.28. The molecule has 3 rings (SSSR count). The van der Waals surface area contributed by atoms with E-state index in [0.29, 0.717) is 17.2 Å². The Kier molecular flexibility index (Phi) is 4.25. The predicted molar refractivity (Wildman–Crippen MR) is 93.0 cm³/mol. The van der Waals surface area contributed by atoms with Gasteiger partial charge in [0, 0.05) is 12.3 Å². The van der Waals surface area contributed by atoms with Crippen LogP contribution in [-0.4, -0.2) is 35.1 Å². The zero-order chi connectivity index (χ0) is 18.0. The van der Waals surface area contributed by atoms with Gasteiger partial charge in [-0.25, -0.2) is 9.36 Å². The Morgan fingerprint density at radius 2 is 2.04 bits per heavy atom. The zero-order valence-corrected chi connectivity index (χ0v) is 13.5. The summed E-state index contributed by atoms with van der Waals surface area (Å²) in [6, 6.07) is 4.76. The molecule has 0 saturated carbocycles. The van der Waals surface area contributed by atoms with Crippen LogP contribution in [0.4, 0.5) is 0 Å². The van der Waals surface area contributed by atoms with Crippen LogP contribution in [0.3, 0.4) is 0 Å². The lowest BCUT2D eigenvalue weighted by Crippen LogP contribution is -2.30. The molecular formula is C17H15N3O5. The van der Waals surface area contributed by atoms with Crippen molar-refractivity contribution in [3.8, 4) is 23.1 Å². The quantitative estimate of drug-likeness (QED) is 0.870. The maximum absolute atomic E-state index is 12.3. The third-order valence-corrected chi connectivity index (χ3v) is 3.62. The Bertz CT molecular complexity index is 1010. The second-order valence-electron chi connectivity index (χ2n) is 5.08. The van der Waals surface area contributed by atoms with E-state index in [1.54, 1.807) is 30.5 Å². The number of aromatic amines is 1. The number of benzene rings is 1. The number of rotatable bonds is 4. The number of methoxy groups -OCH3 is 2. The highest BCUT2D eigenvalue weighted by Crippen LogP contribution is 2.30. The highest BCUT2D eigenvalue weighted by molar-refractivity contribution is 5.79. The number of H-pyrrole nitrogens is 1. The summed E-state index contributed by atoms with van der Waals surface area (Å²) in [5, 5.41) is 10.6. The minimum absolute atomic E-state index is 0.0943. The third-order valence-electron chi connectivity index (χ3n) is 3.62. The molecule has 0 atom stereocenters. The molecule has 0 spiro atoms. The minimum atomic E-state index is -0.804. The summed E-state index contributed by atoms with van der Waals surface area (Å²) in [6.07, 6.45) is 6.30. The molecule has 0 unspecified atom stereocenters. The zero-order valence-electron chi connectivity index (χ0n) is 13.5. The first-order valence-corrected chi connectivity index (χ1v) is 7.28. The summed E-state index contributed by atoms with van der Waals surface area (Å²) in [5.74, 6) is 0.252. The van der Waals surface area contributed by atoms with Crippen molar-refractivity contribution in [2.45, 2.75) is 0 Å². The molecule has 128 valence electrons. The Morgan fingerprint density at radius 3 is 2.68 bits per heavy atom. The number of aromatic hydroxyl groups is 1. The molecule has 8 heteroatoms. The van der Waals surface area contributed by atoms with Gasteiger partial charge in [0.2, 0.25) is 5.88 Å².